The molecule has 112 valence electrons. The van der Waals surface area contributed by atoms with E-state index in [1.54, 1.807) is 23.2 Å². The van der Waals surface area contributed by atoms with Crippen molar-refractivity contribution in [1.82, 2.24) is 9.88 Å². The fourth-order valence-electron chi connectivity index (χ4n) is 1.57. The van der Waals surface area contributed by atoms with Gasteiger partial charge in [-0.15, -0.1) is 11.8 Å². The standard InChI is InChI=1S/C12H19N3O3S2/c1-3-15(4-2)12(16)11-9-10(5-6-14-11)19-7-8-20(13,17)18/h5-6,9H,3-4,7-8H2,1-2H3,(H2,13,17,18). The third kappa shape index (κ3) is 5.48. The molecule has 1 rings (SSSR count). The maximum Gasteiger partial charge on any atom is 0.272 e. The van der Waals surface area contributed by atoms with Crippen LogP contribution in [-0.2, 0) is 10.0 Å². The van der Waals surface area contributed by atoms with Crippen molar-refractivity contribution < 1.29 is 13.2 Å². The van der Waals surface area contributed by atoms with Crippen molar-refractivity contribution in [3.63, 3.8) is 0 Å². The summed E-state index contributed by atoms with van der Waals surface area (Å²) in [5, 5.41) is 4.94. The topological polar surface area (TPSA) is 93.4 Å². The third-order valence-corrected chi connectivity index (χ3v) is 4.66. The van der Waals surface area contributed by atoms with Crippen LogP contribution >= 0.6 is 11.8 Å². The minimum atomic E-state index is -3.45. The van der Waals surface area contributed by atoms with Gasteiger partial charge in [0.1, 0.15) is 5.69 Å². The van der Waals surface area contributed by atoms with Gasteiger partial charge in [-0.25, -0.2) is 13.6 Å². The number of nitrogens with zero attached hydrogens (tertiary/aromatic N) is 2. The molecule has 1 heterocycles. The van der Waals surface area contributed by atoms with Crippen LogP contribution in [0.3, 0.4) is 0 Å². The maximum atomic E-state index is 12.1. The van der Waals surface area contributed by atoms with Gasteiger partial charge < -0.3 is 4.90 Å². The summed E-state index contributed by atoms with van der Waals surface area (Å²) < 4.78 is 21.7. The molecule has 0 bridgehead atoms. The SMILES string of the molecule is CCN(CC)C(=O)c1cc(SCCS(N)(=O)=O)ccn1. The van der Waals surface area contributed by atoms with Gasteiger partial charge in [0.05, 0.1) is 5.75 Å². The second kappa shape index (κ2) is 7.61. The number of carbonyl (C=O) groups excluding carboxylic acids is 1. The first-order chi connectivity index (χ1) is 9.37. The molecule has 0 radical (unpaired) electrons. The number of nitrogens with two attached hydrogens (primary N) is 1. The normalized spacial score (nSPS) is 11.3. The number of hydrogen-bond acceptors (Lipinski definition) is 5. The van der Waals surface area contributed by atoms with Crippen LogP contribution in [0.15, 0.2) is 23.2 Å². The van der Waals surface area contributed by atoms with E-state index in [4.69, 9.17) is 5.14 Å². The highest BCUT2D eigenvalue weighted by atomic mass is 32.2. The number of pyridine rings is 1. The average molecular weight is 317 g/mol. The summed E-state index contributed by atoms with van der Waals surface area (Å²) in [4.78, 5) is 18.7. The monoisotopic (exact) mass is 317 g/mol. The van der Waals surface area contributed by atoms with Crippen molar-refractivity contribution in [3.8, 4) is 0 Å². The number of amides is 1. The Morgan fingerprint density at radius 3 is 2.60 bits per heavy atom. The molecule has 6 nitrogen and oxygen atoms in total. The molecule has 0 saturated carbocycles. The number of hydrogen-bond donors (Lipinski definition) is 1. The average Bonchev–Trinajstić information content (AvgIpc) is 2.39. The summed E-state index contributed by atoms with van der Waals surface area (Å²) in [6.07, 6.45) is 1.55. The Bertz CT molecular complexity index is 557. The molecule has 1 aromatic heterocycles. The van der Waals surface area contributed by atoms with E-state index in [0.717, 1.165) is 4.90 Å². The molecule has 0 unspecified atom stereocenters. The van der Waals surface area contributed by atoms with Crippen LogP contribution in [0.25, 0.3) is 0 Å². The van der Waals surface area contributed by atoms with E-state index in [1.165, 1.54) is 11.8 Å². The quantitative estimate of drug-likeness (QED) is 0.756. The van der Waals surface area contributed by atoms with E-state index >= 15 is 0 Å². The zero-order chi connectivity index (χ0) is 15.2. The van der Waals surface area contributed by atoms with Crippen LogP contribution in [0.4, 0.5) is 0 Å². The lowest BCUT2D eigenvalue weighted by Gasteiger charge is -2.18. The van der Waals surface area contributed by atoms with Gasteiger partial charge in [0.25, 0.3) is 5.91 Å². The van der Waals surface area contributed by atoms with E-state index in [9.17, 15) is 13.2 Å². The van der Waals surface area contributed by atoms with Gasteiger partial charge >= 0.3 is 0 Å². The molecule has 1 amide bonds. The number of aromatic nitrogens is 1. The summed E-state index contributed by atoms with van der Waals surface area (Å²) in [7, 11) is -3.45. The number of rotatable bonds is 7. The van der Waals surface area contributed by atoms with Gasteiger partial charge in [-0.2, -0.15) is 0 Å². The molecule has 0 atom stereocenters. The number of thioether (sulfide) groups is 1. The van der Waals surface area contributed by atoms with E-state index in [0.29, 0.717) is 24.5 Å². The molecule has 0 aromatic carbocycles. The molecule has 0 aliphatic rings. The Morgan fingerprint density at radius 1 is 1.40 bits per heavy atom. The molecule has 0 aliphatic heterocycles. The van der Waals surface area contributed by atoms with Gasteiger partial charge in [-0.3, -0.25) is 9.78 Å². The fraction of sp³-hybridized carbons (Fsp3) is 0.500. The second-order valence-electron chi connectivity index (χ2n) is 4.07. The fourth-order valence-corrected chi connectivity index (χ4v) is 3.42. The number of carbonyl (C=O) groups is 1. The Hall–Kier alpha value is -1.12. The van der Waals surface area contributed by atoms with Crippen LogP contribution in [0.2, 0.25) is 0 Å². The van der Waals surface area contributed by atoms with Crippen LogP contribution in [0.1, 0.15) is 24.3 Å². The minimum absolute atomic E-state index is 0.0979. The summed E-state index contributed by atoms with van der Waals surface area (Å²) >= 11 is 1.34. The Labute approximate surface area is 123 Å². The Kier molecular flexibility index (Phi) is 6.44. The smallest absolute Gasteiger partial charge is 0.272 e. The van der Waals surface area contributed by atoms with Crippen LogP contribution in [-0.4, -0.2) is 48.8 Å². The lowest BCUT2D eigenvalue weighted by Crippen LogP contribution is -2.31. The lowest BCUT2D eigenvalue weighted by atomic mass is 10.3. The van der Waals surface area contributed by atoms with Crippen molar-refractivity contribution >= 4 is 27.7 Å². The Balaban J connectivity index is 2.73. The molecule has 8 heteroatoms. The molecular formula is C12H19N3O3S2. The van der Waals surface area contributed by atoms with Gasteiger partial charge in [0.15, 0.2) is 0 Å². The van der Waals surface area contributed by atoms with Crippen LogP contribution in [0, 0.1) is 0 Å². The zero-order valence-electron chi connectivity index (χ0n) is 11.6. The van der Waals surface area contributed by atoms with Crippen molar-refractivity contribution in [3.05, 3.63) is 24.0 Å². The summed E-state index contributed by atoms with van der Waals surface area (Å²) in [6.45, 7) is 5.07. The molecule has 1 aromatic rings. The van der Waals surface area contributed by atoms with E-state index < -0.39 is 10.0 Å². The van der Waals surface area contributed by atoms with Gasteiger partial charge in [0, 0.05) is 29.9 Å². The minimum Gasteiger partial charge on any atom is -0.338 e. The highest BCUT2D eigenvalue weighted by Gasteiger charge is 2.14. The van der Waals surface area contributed by atoms with E-state index in [-0.39, 0.29) is 11.7 Å². The first-order valence-electron chi connectivity index (χ1n) is 6.26. The molecule has 0 spiro atoms. The molecule has 20 heavy (non-hydrogen) atoms. The van der Waals surface area contributed by atoms with Crippen molar-refractivity contribution in [2.45, 2.75) is 18.7 Å². The largest absolute Gasteiger partial charge is 0.338 e. The van der Waals surface area contributed by atoms with Gasteiger partial charge in [0.2, 0.25) is 10.0 Å². The Morgan fingerprint density at radius 2 is 2.05 bits per heavy atom. The van der Waals surface area contributed by atoms with E-state index in [2.05, 4.69) is 4.98 Å². The number of sulfonamides is 1. The van der Waals surface area contributed by atoms with E-state index in [1.807, 2.05) is 13.8 Å². The summed E-state index contributed by atoms with van der Waals surface area (Å²) in [6, 6.07) is 3.42. The van der Waals surface area contributed by atoms with Gasteiger partial charge in [-0.05, 0) is 26.0 Å². The molecular weight excluding hydrogens is 298 g/mol. The molecule has 0 fully saturated rings. The molecule has 0 aliphatic carbocycles. The summed E-state index contributed by atoms with van der Waals surface area (Å²) in [5.74, 6) is 0.130. The molecule has 2 N–H and O–H groups in total. The second-order valence-corrected chi connectivity index (χ2v) is 6.97. The number of primary sulfonamides is 1. The first-order valence-corrected chi connectivity index (χ1v) is 8.96. The third-order valence-electron chi connectivity index (χ3n) is 2.64. The highest BCUT2D eigenvalue weighted by Crippen LogP contribution is 2.18. The van der Waals surface area contributed by atoms with Gasteiger partial charge in [-0.1, -0.05) is 0 Å². The summed E-state index contributed by atoms with van der Waals surface area (Å²) in [5.41, 5.74) is 0.370. The lowest BCUT2D eigenvalue weighted by molar-refractivity contribution is 0.0767. The van der Waals surface area contributed by atoms with Crippen LogP contribution < -0.4 is 5.14 Å². The predicted molar refractivity (Wildman–Crippen MR) is 80.2 cm³/mol. The van der Waals surface area contributed by atoms with Crippen molar-refractivity contribution in [1.29, 1.82) is 0 Å². The highest BCUT2D eigenvalue weighted by molar-refractivity contribution is 8.00. The molecule has 0 saturated heterocycles. The zero-order valence-corrected chi connectivity index (χ0v) is 13.2. The van der Waals surface area contributed by atoms with Crippen LogP contribution in [0.5, 0.6) is 0 Å². The van der Waals surface area contributed by atoms with Crippen molar-refractivity contribution in [2.24, 2.45) is 5.14 Å². The maximum absolute atomic E-state index is 12.1. The predicted octanol–water partition coefficient (Wildman–Crippen LogP) is 0.944. The first kappa shape index (κ1) is 16.9. The van der Waals surface area contributed by atoms with Crippen molar-refractivity contribution in [2.75, 3.05) is 24.6 Å².